The van der Waals surface area contributed by atoms with Crippen molar-refractivity contribution in [3.8, 4) is 0 Å². The lowest BCUT2D eigenvalue weighted by Gasteiger charge is -2.16. The van der Waals surface area contributed by atoms with Crippen molar-refractivity contribution in [1.82, 2.24) is 14.9 Å². The Morgan fingerprint density at radius 2 is 2.14 bits per heavy atom. The van der Waals surface area contributed by atoms with Crippen molar-refractivity contribution in [2.75, 3.05) is 0 Å². The highest BCUT2D eigenvalue weighted by atomic mass is 35.5. The average Bonchev–Trinajstić information content (AvgIpc) is 2.39. The first-order valence-electron chi connectivity index (χ1n) is 6.42. The van der Waals surface area contributed by atoms with Gasteiger partial charge in [0.25, 0.3) is 5.56 Å². The molecule has 2 aromatic rings. The van der Waals surface area contributed by atoms with Gasteiger partial charge in [0.15, 0.2) is 0 Å². The van der Waals surface area contributed by atoms with Gasteiger partial charge in [-0.1, -0.05) is 38.4 Å². The molecule has 0 saturated heterocycles. The molecule has 0 aliphatic carbocycles. The third kappa shape index (κ3) is 3.31. The Morgan fingerprint density at radius 1 is 1.45 bits per heavy atom. The summed E-state index contributed by atoms with van der Waals surface area (Å²) in [5, 5.41) is 10.7. The molecule has 0 spiro atoms. The van der Waals surface area contributed by atoms with Crippen molar-refractivity contribution in [3.63, 3.8) is 0 Å². The third-order valence-corrected chi connectivity index (χ3v) is 3.46. The van der Waals surface area contributed by atoms with Gasteiger partial charge in [-0.15, -0.1) is 0 Å². The number of aromatic nitrogens is 3. The quantitative estimate of drug-likeness (QED) is 0.674. The monoisotopic (exact) mass is 340 g/mol. The van der Waals surface area contributed by atoms with Gasteiger partial charge in [-0.3, -0.25) is 9.89 Å². The first-order valence-corrected chi connectivity index (χ1v) is 7.21. The van der Waals surface area contributed by atoms with E-state index in [1.54, 1.807) is 0 Å². The molecule has 0 amide bonds. The van der Waals surface area contributed by atoms with Crippen LogP contribution in [0, 0.1) is 10.6 Å². The Labute approximate surface area is 136 Å². The number of H-pyrrole nitrogens is 1. The van der Waals surface area contributed by atoms with E-state index in [4.69, 9.17) is 23.8 Å². The van der Waals surface area contributed by atoms with Gasteiger partial charge in [-0.25, -0.2) is 4.39 Å². The van der Waals surface area contributed by atoms with Gasteiger partial charge in [0.1, 0.15) is 11.5 Å². The predicted molar refractivity (Wildman–Crippen MR) is 86.8 cm³/mol. The van der Waals surface area contributed by atoms with Gasteiger partial charge < -0.3 is 0 Å². The van der Waals surface area contributed by atoms with Gasteiger partial charge in [0.2, 0.25) is 4.77 Å². The molecule has 22 heavy (non-hydrogen) atoms. The van der Waals surface area contributed by atoms with Crippen molar-refractivity contribution in [3.05, 3.63) is 55.4 Å². The van der Waals surface area contributed by atoms with Crippen LogP contribution in [-0.4, -0.2) is 21.1 Å². The Morgan fingerprint density at radius 3 is 2.73 bits per heavy atom. The molecule has 0 radical (unpaired) electrons. The van der Waals surface area contributed by atoms with E-state index < -0.39 is 16.8 Å². The van der Waals surface area contributed by atoms with Crippen molar-refractivity contribution in [1.29, 1.82) is 0 Å². The zero-order chi connectivity index (χ0) is 16.5. The van der Waals surface area contributed by atoms with Crippen LogP contribution >= 0.6 is 23.8 Å². The molecule has 1 aromatic carbocycles. The van der Waals surface area contributed by atoms with E-state index in [0.717, 1.165) is 10.9 Å². The molecule has 0 saturated carbocycles. The van der Waals surface area contributed by atoms with Crippen LogP contribution in [0.5, 0.6) is 0 Å². The zero-order valence-corrected chi connectivity index (χ0v) is 13.8. The van der Waals surface area contributed by atoms with Crippen LogP contribution in [0.4, 0.5) is 4.39 Å². The molecule has 8 heteroatoms. The molecule has 0 unspecified atom stereocenters. The van der Waals surface area contributed by atoms with Crippen LogP contribution in [0.1, 0.15) is 32.0 Å². The van der Waals surface area contributed by atoms with Crippen molar-refractivity contribution >= 4 is 30.0 Å². The summed E-state index contributed by atoms with van der Waals surface area (Å²) in [6, 6.07) is 4.27. The highest BCUT2D eigenvalue weighted by Crippen LogP contribution is 2.17. The topological polar surface area (TPSA) is 63.0 Å². The molecule has 0 bridgehead atoms. The summed E-state index contributed by atoms with van der Waals surface area (Å²) < 4.78 is 14.7. The molecule has 0 aliphatic rings. The Hall–Kier alpha value is -1.86. The Balaban J connectivity index is 2.58. The summed E-state index contributed by atoms with van der Waals surface area (Å²) in [5.74, 6) is -0.538. The van der Waals surface area contributed by atoms with Crippen molar-refractivity contribution in [2.24, 2.45) is 5.10 Å². The van der Waals surface area contributed by atoms with Crippen LogP contribution in [0.2, 0.25) is 5.02 Å². The lowest BCUT2D eigenvalue weighted by molar-refractivity contribution is 0.529. The van der Waals surface area contributed by atoms with Gasteiger partial charge in [0.05, 0.1) is 11.2 Å². The molecule has 0 atom stereocenters. The normalized spacial score (nSPS) is 12.0. The number of nitrogens with one attached hydrogen (secondary N) is 1. The second kappa shape index (κ2) is 6.10. The number of hydrogen-bond acceptors (Lipinski definition) is 4. The number of halogens is 2. The zero-order valence-electron chi connectivity index (χ0n) is 12.2. The maximum atomic E-state index is 13.7. The number of nitrogens with zero attached hydrogens (tertiary/aromatic N) is 3. The Kier molecular flexibility index (Phi) is 4.58. The molecule has 1 heterocycles. The van der Waals surface area contributed by atoms with Crippen LogP contribution in [-0.2, 0) is 5.41 Å². The standard InChI is InChI=1S/C14H14ClFN4OS/c1-14(2,3)11-12(21)20(13(22)19-18-11)17-7-8-9(15)5-4-6-10(8)16/h4-7H,1-3H3,(H,19,22)/b17-7-. The van der Waals surface area contributed by atoms with Gasteiger partial charge in [-0.05, 0) is 24.4 Å². The van der Waals surface area contributed by atoms with Crippen LogP contribution in [0.15, 0.2) is 28.1 Å². The summed E-state index contributed by atoms with van der Waals surface area (Å²) in [6.45, 7) is 5.53. The molecule has 0 fully saturated rings. The van der Waals surface area contributed by atoms with E-state index in [1.807, 2.05) is 20.8 Å². The molecule has 1 N–H and O–H groups in total. The number of benzene rings is 1. The highest BCUT2D eigenvalue weighted by Gasteiger charge is 2.21. The minimum Gasteiger partial charge on any atom is -0.265 e. The maximum Gasteiger partial charge on any atom is 0.297 e. The van der Waals surface area contributed by atoms with Crippen LogP contribution in [0.25, 0.3) is 0 Å². The van der Waals surface area contributed by atoms with E-state index in [0.29, 0.717) is 0 Å². The second-order valence-corrected chi connectivity index (χ2v) is 6.42. The Bertz CT molecular complexity index is 831. The van der Waals surface area contributed by atoms with Gasteiger partial charge in [-0.2, -0.15) is 14.9 Å². The maximum absolute atomic E-state index is 13.7. The molecule has 116 valence electrons. The fraction of sp³-hybridized carbons (Fsp3) is 0.286. The first kappa shape index (κ1) is 16.5. The lowest BCUT2D eigenvalue weighted by Crippen LogP contribution is -2.32. The van der Waals surface area contributed by atoms with E-state index in [1.165, 1.54) is 18.2 Å². The number of rotatable bonds is 2. The summed E-state index contributed by atoms with van der Waals surface area (Å²) in [5.41, 5.74) is -0.582. The summed E-state index contributed by atoms with van der Waals surface area (Å²) >= 11 is 10.9. The summed E-state index contributed by atoms with van der Waals surface area (Å²) in [6.07, 6.45) is 1.16. The van der Waals surface area contributed by atoms with Gasteiger partial charge in [0, 0.05) is 11.0 Å². The molecule has 2 rings (SSSR count). The van der Waals surface area contributed by atoms with Crippen molar-refractivity contribution < 1.29 is 4.39 Å². The highest BCUT2D eigenvalue weighted by molar-refractivity contribution is 7.71. The molecule has 5 nitrogen and oxygen atoms in total. The minimum atomic E-state index is -0.538. The van der Waals surface area contributed by atoms with E-state index in [9.17, 15) is 9.18 Å². The molecule has 1 aromatic heterocycles. The minimum absolute atomic E-state index is 0.0155. The van der Waals surface area contributed by atoms with Gasteiger partial charge >= 0.3 is 0 Å². The summed E-state index contributed by atoms with van der Waals surface area (Å²) in [7, 11) is 0. The van der Waals surface area contributed by atoms with Crippen molar-refractivity contribution in [2.45, 2.75) is 26.2 Å². The lowest BCUT2D eigenvalue weighted by atomic mass is 9.93. The predicted octanol–water partition coefficient (Wildman–Crippen LogP) is 3.27. The number of aromatic amines is 1. The average molecular weight is 341 g/mol. The number of hydrogen-bond donors (Lipinski definition) is 1. The largest absolute Gasteiger partial charge is 0.297 e. The SMILES string of the molecule is CC(C)(C)c1n[nH]c(=S)n(/N=C\c2c(F)cccc2Cl)c1=O. The van der Waals surface area contributed by atoms with E-state index >= 15 is 0 Å². The van der Waals surface area contributed by atoms with E-state index in [2.05, 4.69) is 15.3 Å². The first-order chi connectivity index (χ1) is 10.2. The summed E-state index contributed by atoms with van der Waals surface area (Å²) in [4.78, 5) is 12.4. The molecule has 0 aliphatic heterocycles. The fourth-order valence-electron chi connectivity index (χ4n) is 1.73. The van der Waals surface area contributed by atoms with Crippen LogP contribution < -0.4 is 5.56 Å². The molecular weight excluding hydrogens is 327 g/mol. The van der Waals surface area contributed by atoms with E-state index in [-0.39, 0.29) is 21.1 Å². The smallest absolute Gasteiger partial charge is 0.265 e. The van der Waals surface area contributed by atoms with Crippen LogP contribution in [0.3, 0.4) is 0 Å². The third-order valence-electron chi connectivity index (χ3n) is 2.86. The fourth-order valence-corrected chi connectivity index (χ4v) is 2.12. The second-order valence-electron chi connectivity index (χ2n) is 5.62. The molecular formula is C14H14ClFN4OS.